The molecule has 3 aromatic rings. The lowest BCUT2D eigenvalue weighted by Gasteiger charge is -2.27. The molecule has 1 saturated heterocycles. The van der Waals surface area contributed by atoms with Gasteiger partial charge in [-0.15, -0.1) is 0 Å². The number of fused-ring (bicyclic) bond motifs is 1. The predicted octanol–water partition coefficient (Wildman–Crippen LogP) is 4.37. The van der Waals surface area contributed by atoms with Crippen molar-refractivity contribution in [2.24, 2.45) is 0 Å². The van der Waals surface area contributed by atoms with Gasteiger partial charge in [-0.2, -0.15) is 0 Å². The van der Waals surface area contributed by atoms with E-state index in [9.17, 15) is 14.4 Å². The first-order valence-electron chi connectivity index (χ1n) is 11.1. The summed E-state index contributed by atoms with van der Waals surface area (Å²) in [7, 11) is 0. The number of para-hydroxylation sites is 1. The number of hydrogen-bond acceptors (Lipinski definition) is 6. The average Bonchev–Trinajstić information content (AvgIpc) is 2.85. The predicted molar refractivity (Wildman–Crippen MR) is 133 cm³/mol. The van der Waals surface area contributed by atoms with Crippen LogP contribution in [0.15, 0.2) is 42.6 Å². The minimum Gasteiger partial charge on any atom is -0.462 e. The van der Waals surface area contributed by atoms with E-state index in [0.717, 1.165) is 0 Å². The highest BCUT2D eigenvalue weighted by Crippen LogP contribution is 2.30. The van der Waals surface area contributed by atoms with Crippen molar-refractivity contribution in [1.29, 1.82) is 0 Å². The molecule has 35 heavy (non-hydrogen) atoms. The van der Waals surface area contributed by atoms with Crippen molar-refractivity contribution in [3.05, 3.63) is 69.3 Å². The highest BCUT2D eigenvalue weighted by molar-refractivity contribution is 6.40. The molecule has 2 amide bonds. The number of pyridine rings is 1. The van der Waals surface area contributed by atoms with Gasteiger partial charge in [0.1, 0.15) is 0 Å². The van der Waals surface area contributed by atoms with Crippen molar-refractivity contribution >= 4 is 57.6 Å². The van der Waals surface area contributed by atoms with E-state index in [1.165, 1.54) is 6.20 Å². The van der Waals surface area contributed by atoms with Crippen molar-refractivity contribution < 1.29 is 23.9 Å². The lowest BCUT2D eigenvalue weighted by molar-refractivity contribution is -0.134. The van der Waals surface area contributed by atoms with Crippen LogP contribution in [0, 0.1) is 0 Å². The fourth-order valence-electron chi connectivity index (χ4n) is 3.93. The Morgan fingerprint density at radius 1 is 1.09 bits per heavy atom. The van der Waals surface area contributed by atoms with Gasteiger partial charge < -0.3 is 19.7 Å². The van der Waals surface area contributed by atoms with Crippen LogP contribution in [0.3, 0.4) is 0 Å². The van der Waals surface area contributed by atoms with E-state index in [-0.39, 0.29) is 40.1 Å². The number of carbonyl (C=O) groups is 3. The number of amides is 2. The second kappa shape index (κ2) is 11.0. The molecule has 1 aliphatic rings. The topological polar surface area (TPSA) is 97.8 Å². The van der Waals surface area contributed by atoms with Gasteiger partial charge in [0.15, 0.2) is 0 Å². The summed E-state index contributed by atoms with van der Waals surface area (Å²) in [5.74, 6) is -1.21. The standard InChI is InChI=1S/C25H23Cl2N3O5/c1-2-35-25(33)17-14-28-23-15(16(17)13-21(31)30-9-11-34-12-10-30)5-3-8-20(23)29-24(32)22-18(26)6-4-7-19(22)27/h3-8,14H,2,9-13H2,1H3,(H,29,32). The number of esters is 1. The number of benzene rings is 2. The molecular weight excluding hydrogens is 493 g/mol. The summed E-state index contributed by atoms with van der Waals surface area (Å²) in [5, 5.41) is 3.78. The molecule has 0 atom stereocenters. The molecular formula is C25H23Cl2N3O5. The normalized spacial score (nSPS) is 13.5. The molecule has 0 unspecified atom stereocenters. The highest BCUT2D eigenvalue weighted by atomic mass is 35.5. The summed E-state index contributed by atoms with van der Waals surface area (Å²) in [6, 6.07) is 9.94. The Kier molecular flexibility index (Phi) is 7.85. The Bertz CT molecular complexity index is 1270. The number of halogens is 2. The molecule has 182 valence electrons. The highest BCUT2D eigenvalue weighted by Gasteiger charge is 2.24. The van der Waals surface area contributed by atoms with Crippen LogP contribution in [0.1, 0.15) is 33.2 Å². The first kappa shape index (κ1) is 24.9. The van der Waals surface area contributed by atoms with E-state index >= 15 is 0 Å². The summed E-state index contributed by atoms with van der Waals surface area (Å²) >= 11 is 12.4. The summed E-state index contributed by atoms with van der Waals surface area (Å²) in [5.41, 5.74) is 1.63. The summed E-state index contributed by atoms with van der Waals surface area (Å²) < 4.78 is 10.5. The first-order valence-corrected chi connectivity index (χ1v) is 11.8. The third-order valence-electron chi connectivity index (χ3n) is 5.63. The van der Waals surface area contributed by atoms with Crippen molar-refractivity contribution in [3.8, 4) is 0 Å². The van der Waals surface area contributed by atoms with Crippen LogP contribution in [0.5, 0.6) is 0 Å². The fourth-order valence-corrected chi connectivity index (χ4v) is 4.50. The van der Waals surface area contributed by atoms with Crippen LogP contribution in [0.25, 0.3) is 10.9 Å². The molecule has 0 spiro atoms. The Balaban J connectivity index is 1.75. The monoisotopic (exact) mass is 515 g/mol. The van der Waals surface area contributed by atoms with E-state index in [2.05, 4.69) is 10.3 Å². The van der Waals surface area contributed by atoms with Gasteiger partial charge in [-0.1, -0.05) is 41.4 Å². The molecule has 0 radical (unpaired) electrons. The maximum absolute atomic E-state index is 13.1. The van der Waals surface area contributed by atoms with Gasteiger partial charge in [-0.05, 0) is 30.7 Å². The number of hydrogen-bond donors (Lipinski definition) is 1. The van der Waals surface area contributed by atoms with Crippen LogP contribution in [0.4, 0.5) is 5.69 Å². The Labute approximate surface area is 212 Å². The van der Waals surface area contributed by atoms with Crippen molar-refractivity contribution in [1.82, 2.24) is 9.88 Å². The number of carbonyl (C=O) groups excluding carboxylic acids is 3. The summed E-state index contributed by atoms with van der Waals surface area (Å²) in [6.45, 7) is 3.79. The quantitative estimate of drug-likeness (QED) is 0.489. The van der Waals surface area contributed by atoms with E-state index in [1.54, 1.807) is 48.2 Å². The van der Waals surface area contributed by atoms with Gasteiger partial charge in [0.25, 0.3) is 5.91 Å². The molecule has 1 N–H and O–H groups in total. The third kappa shape index (κ3) is 5.40. The molecule has 1 aromatic heterocycles. The maximum atomic E-state index is 13.1. The fraction of sp³-hybridized carbons (Fsp3) is 0.280. The Morgan fingerprint density at radius 3 is 2.46 bits per heavy atom. The molecule has 4 rings (SSSR count). The van der Waals surface area contributed by atoms with E-state index in [1.807, 2.05) is 0 Å². The number of ether oxygens (including phenoxy) is 2. The minimum absolute atomic E-state index is 0.0269. The lowest BCUT2D eigenvalue weighted by Crippen LogP contribution is -2.41. The molecule has 2 heterocycles. The minimum atomic E-state index is -0.566. The number of nitrogens with one attached hydrogen (secondary N) is 1. The smallest absolute Gasteiger partial charge is 0.340 e. The average molecular weight is 516 g/mol. The van der Waals surface area contributed by atoms with Crippen LogP contribution in [0.2, 0.25) is 10.0 Å². The number of morpholine rings is 1. The molecule has 2 aromatic carbocycles. The summed E-state index contributed by atoms with van der Waals surface area (Å²) in [6.07, 6.45) is 1.35. The van der Waals surface area contributed by atoms with Crippen molar-refractivity contribution in [2.45, 2.75) is 13.3 Å². The Hall–Kier alpha value is -3.20. The molecule has 0 bridgehead atoms. The molecule has 0 aliphatic carbocycles. The van der Waals surface area contributed by atoms with Crippen molar-refractivity contribution in [2.75, 3.05) is 38.2 Å². The molecule has 10 heteroatoms. The summed E-state index contributed by atoms with van der Waals surface area (Å²) in [4.78, 5) is 44.9. The van der Waals surface area contributed by atoms with Gasteiger partial charge in [0, 0.05) is 24.7 Å². The zero-order chi connectivity index (χ0) is 24.9. The molecule has 0 saturated carbocycles. The van der Waals surface area contributed by atoms with Gasteiger partial charge >= 0.3 is 5.97 Å². The molecule has 8 nitrogen and oxygen atoms in total. The zero-order valence-corrected chi connectivity index (χ0v) is 20.5. The second-order valence-electron chi connectivity index (χ2n) is 7.79. The third-order valence-corrected chi connectivity index (χ3v) is 6.26. The second-order valence-corrected chi connectivity index (χ2v) is 8.61. The number of anilines is 1. The van der Waals surface area contributed by atoms with Crippen LogP contribution >= 0.6 is 23.2 Å². The number of aromatic nitrogens is 1. The first-order chi connectivity index (χ1) is 16.9. The van der Waals surface area contributed by atoms with E-state index in [0.29, 0.717) is 48.5 Å². The van der Waals surface area contributed by atoms with Crippen LogP contribution in [-0.4, -0.2) is 60.6 Å². The van der Waals surface area contributed by atoms with Gasteiger partial charge in [-0.25, -0.2) is 4.79 Å². The van der Waals surface area contributed by atoms with Gasteiger partial charge in [0.2, 0.25) is 5.91 Å². The van der Waals surface area contributed by atoms with E-state index in [4.69, 9.17) is 32.7 Å². The number of rotatable bonds is 6. The van der Waals surface area contributed by atoms with Gasteiger partial charge in [-0.3, -0.25) is 14.6 Å². The lowest BCUT2D eigenvalue weighted by atomic mass is 9.99. The molecule has 1 aliphatic heterocycles. The number of nitrogens with zero attached hydrogens (tertiary/aromatic N) is 2. The SMILES string of the molecule is CCOC(=O)c1cnc2c(NC(=O)c3c(Cl)cccc3Cl)cccc2c1CC(=O)N1CCOCC1. The van der Waals surface area contributed by atoms with Crippen LogP contribution < -0.4 is 5.32 Å². The Morgan fingerprint density at radius 2 is 1.77 bits per heavy atom. The zero-order valence-electron chi connectivity index (χ0n) is 19.0. The van der Waals surface area contributed by atoms with Gasteiger partial charge in [0.05, 0.1) is 58.6 Å². The largest absolute Gasteiger partial charge is 0.462 e. The molecule has 1 fully saturated rings. The maximum Gasteiger partial charge on any atom is 0.340 e. The van der Waals surface area contributed by atoms with Crippen LogP contribution in [-0.2, 0) is 20.7 Å². The van der Waals surface area contributed by atoms with E-state index < -0.39 is 11.9 Å². The van der Waals surface area contributed by atoms with Crippen molar-refractivity contribution in [3.63, 3.8) is 0 Å².